The van der Waals surface area contributed by atoms with Crippen LogP contribution in [0.15, 0.2) is 24.3 Å². The van der Waals surface area contributed by atoms with Gasteiger partial charge in [0.05, 0.1) is 5.75 Å². The molecule has 1 aromatic rings. The zero-order valence-electron chi connectivity index (χ0n) is 7.80. The van der Waals surface area contributed by atoms with Crippen molar-refractivity contribution in [2.75, 3.05) is 5.75 Å². The molecule has 1 aromatic carbocycles. The average molecular weight is 216 g/mol. The third-order valence-corrected chi connectivity index (χ3v) is 2.85. The van der Waals surface area contributed by atoms with Gasteiger partial charge in [-0.2, -0.15) is 8.42 Å². The second kappa shape index (κ2) is 4.32. The van der Waals surface area contributed by atoms with Gasteiger partial charge in [-0.15, -0.1) is 0 Å². The molecular formula is C9H12O4S. The van der Waals surface area contributed by atoms with Crippen LogP contribution in [0.3, 0.4) is 0 Å². The van der Waals surface area contributed by atoms with Gasteiger partial charge in [-0.25, -0.2) is 0 Å². The van der Waals surface area contributed by atoms with Crippen molar-refractivity contribution in [3.05, 3.63) is 24.3 Å². The van der Waals surface area contributed by atoms with E-state index < -0.39 is 10.1 Å². The number of benzene rings is 1. The molecule has 0 radical (unpaired) electrons. The highest BCUT2D eigenvalue weighted by atomic mass is 32.2. The van der Waals surface area contributed by atoms with Crippen molar-refractivity contribution in [2.24, 2.45) is 0 Å². The molecule has 0 aromatic heterocycles. The standard InChI is InChI=1S/C9H12O4S/c1-2-6-14(11,12)13-9-5-3-4-8(10)7-9/h3-5,7,10H,2,6H2,1H3. The molecule has 0 saturated carbocycles. The Hall–Kier alpha value is -1.23. The predicted molar refractivity (Wildman–Crippen MR) is 52.8 cm³/mol. The molecule has 0 aliphatic heterocycles. The Morgan fingerprint density at radius 2 is 2.14 bits per heavy atom. The SMILES string of the molecule is CCCS(=O)(=O)Oc1cccc(O)c1. The summed E-state index contributed by atoms with van der Waals surface area (Å²) in [5.41, 5.74) is 0. The van der Waals surface area contributed by atoms with Crippen LogP contribution in [0, 0.1) is 0 Å². The summed E-state index contributed by atoms with van der Waals surface area (Å²) < 4.78 is 27.2. The highest BCUT2D eigenvalue weighted by molar-refractivity contribution is 7.87. The quantitative estimate of drug-likeness (QED) is 0.775. The maximum absolute atomic E-state index is 11.2. The minimum Gasteiger partial charge on any atom is -0.508 e. The average Bonchev–Trinajstić information content (AvgIpc) is 2.02. The largest absolute Gasteiger partial charge is 0.508 e. The van der Waals surface area contributed by atoms with Crippen LogP contribution in [0.5, 0.6) is 11.5 Å². The molecule has 0 heterocycles. The predicted octanol–water partition coefficient (Wildman–Crippen LogP) is 1.51. The van der Waals surface area contributed by atoms with Crippen LogP contribution in [0.2, 0.25) is 0 Å². The maximum Gasteiger partial charge on any atom is 0.309 e. The molecule has 1 N–H and O–H groups in total. The van der Waals surface area contributed by atoms with E-state index >= 15 is 0 Å². The van der Waals surface area contributed by atoms with Gasteiger partial charge in [-0.1, -0.05) is 13.0 Å². The van der Waals surface area contributed by atoms with Crippen LogP contribution >= 0.6 is 0 Å². The Labute approximate surface area is 83.3 Å². The number of hydrogen-bond acceptors (Lipinski definition) is 4. The fraction of sp³-hybridized carbons (Fsp3) is 0.333. The Balaban J connectivity index is 2.79. The highest BCUT2D eigenvalue weighted by Gasteiger charge is 2.10. The Kier molecular flexibility index (Phi) is 3.35. The van der Waals surface area contributed by atoms with E-state index in [9.17, 15) is 8.42 Å². The Morgan fingerprint density at radius 3 is 2.71 bits per heavy atom. The van der Waals surface area contributed by atoms with E-state index in [4.69, 9.17) is 9.29 Å². The monoisotopic (exact) mass is 216 g/mol. The van der Waals surface area contributed by atoms with E-state index in [2.05, 4.69) is 0 Å². The number of hydrogen-bond donors (Lipinski definition) is 1. The number of phenols is 1. The Bertz CT molecular complexity index is 397. The van der Waals surface area contributed by atoms with E-state index in [1.54, 1.807) is 6.92 Å². The third kappa shape index (κ3) is 3.26. The summed E-state index contributed by atoms with van der Waals surface area (Å²) in [5, 5.41) is 9.06. The van der Waals surface area contributed by atoms with Crippen LogP contribution in [0.4, 0.5) is 0 Å². The Morgan fingerprint density at radius 1 is 1.43 bits per heavy atom. The second-order valence-corrected chi connectivity index (χ2v) is 4.53. The molecule has 5 heteroatoms. The van der Waals surface area contributed by atoms with E-state index in [0.29, 0.717) is 6.42 Å². The number of phenolic OH excluding ortho intramolecular Hbond substituents is 1. The van der Waals surface area contributed by atoms with Crippen LogP contribution < -0.4 is 4.18 Å². The third-order valence-electron chi connectivity index (χ3n) is 1.49. The van der Waals surface area contributed by atoms with Gasteiger partial charge in [0, 0.05) is 6.07 Å². The molecule has 0 aliphatic carbocycles. The van der Waals surface area contributed by atoms with Crippen molar-refractivity contribution in [3.8, 4) is 11.5 Å². The van der Waals surface area contributed by atoms with Gasteiger partial charge in [0.15, 0.2) is 0 Å². The highest BCUT2D eigenvalue weighted by Crippen LogP contribution is 2.19. The van der Waals surface area contributed by atoms with Gasteiger partial charge in [-0.3, -0.25) is 0 Å². The summed E-state index contributed by atoms with van der Waals surface area (Å²) in [7, 11) is -3.51. The summed E-state index contributed by atoms with van der Waals surface area (Å²) in [4.78, 5) is 0. The van der Waals surface area contributed by atoms with Crippen molar-refractivity contribution >= 4 is 10.1 Å². The fourth-order valence-electron chi connectivity index (χ4n) is 0.974. The summed E-state index contributed by atoms with van der Waals surface area (Å²) in [5.74, 6) is 0.0931. The molecule has 0 saturated heterocycles. The first-order chi connectivity index (χ1) is 6.53. The zero-order chi connectivity index (χ0) is 10.6. The first-order valence-corrected chi connectivity index (χ1v) is 5.82. The van der Waals surface area contributed by atoms with Crippen molar-refractivity contribution in [3.63, 3.8) is 0 Å². The van der Waals surface area contributed by atoms with Crippen molar-refractivity contribution < 1.29 is 17.7 Å². The zero-order valence-corrected chi connectivity index (χ0v) is 8.62. The van der Waals surface area contributed by atoms with E-state index in [1.807, 2.05) is 0 Å². The molecule has 0 unspecified atom stereocenters. The molecule has 0 fully saturated rings. The van der Waals surface area contributed by atoms with E-state index in [0.717, 1.165) is 0 Å². The molecule has 0 aliphatic rings. The molecule has 78 valence electrons. The van der Waals surface area contributed by atoms with Crippen LogP contribution in [-0.4, -0.2) is 19.3 Å². The molecule has 14 heavy (non-hydrogen) atoms. The molecule has 0 atom stereocenters. The lowest BCUT2D eigenvalue weighted by atomic mass is 10.3. The van der Waals surface area contributed by atoms with Crippen molar-refractivity contribution in [2.45, 2.75) is 13.3 Å². The van der Waals surface area contributed by atoms with Crippen LogP contribution in [0.1, 0.15) is 13.3 Å². The number of aromatic hydroxyl groups is 1. The van der Waals surface area contributed by atoms with Gasteiger partial charge in [0.1, 0.15) is 11.5 Å². The maximum atomic E-state index is 11.2. The van der Waals surface area contributed by atoms with Crippen molar-refractivity contribution in [1.29, 1.82) is 0 Å². The summed E-state index contributed by atoms with van der Waals surface area (Å²) in [6, 6.07) is 5.70. The first kappa shape index (κ1) is 10.8. The smallest absolute Gasteiger partial charge is 0.309 e. The van der Waals surface area contributed by atoms with Gasteiger partial charge >= 0.3 is 10.1 Å². The normalized spacial score (nSPS) is 11.2. The van der Waals surface area contributed by atoms with Crippen molar-refractivity contribution in [1.82, 2.24) is 0 Å². The molecule has 4 nitrogen and oxygen atoms in total. The molecule has 0 amide bonds. The summed E-state index contributed by atoms with van der Waals surface area (Å²) >= 11 is 0. The molecular weight excluding hydrogens is 204 g/mol. The lowest BCUT2D eigenvalue weighted by Gasteiger charge is -2.05. The van der Waals surface area contributed by atoms with E-state index in [-0.39, 0.29) is 17.3 Å². The second-order valence-electron chi connectivity index (χ2n) is 2.84. The van der Waals surface area contributed by atoms with Gasteiger partial charge in [0.25, 0.3) is 0 Å². The number of rotatable bonds is 4. The van der Waals surface area contributed by atoms with Gasteiger partial charge in [-0.05, 0) is 18.6 Å². The van der Waals surface area contributed by atoms with E-state index in [1.165, 1.54) is 24.3 Å². The fourth-order valence-corrected chi connectivity index (χ4v) is 1.95. The summed E-state index contributed by atoms with van der Waals surface area (Å²) in [6.45, 7) is 1.75. The minimum absolute atomic E-state index is 0.0193. The van der Waals surface area contributed by atoms with Gasteiger partial charge in [0.2, 0.25) is 0 Å². The van der Waals surface area contributed by atoms with Gasteiger partial charge < -0.3 is 9.29 Å². The summed E-state index contributed by atoms with van der Waals surface area (Å²) in [6.07, 6.45) is 0.501. The minimum atomic E-state index is -3.51. The lowest BCUT2D eigenvalue weighted by Crippen LogP contribution is -2.12. The molecule has 1 rings (SSSR count). The molecule has 0 bridgehead atoms. The first-order valence-electron chi connectivity index (χ1n) is 4.24. The molecule has 0 spiro atoms. The van der Waals surface area contributed by atoms with Crippen LogP contribution in [0.25, 0.3) is 0 Å². The topological polar surface area (TPSA) is 63.6 Å². The lowest BCUT2D eigenvalue weighted by molar-refractivity contribution is 0.463. The van der Waals surface area contributed by atoms with Crippen LogP contribution in [-0.2, 0) is 10.1 Å².